The Morgan fingerprint density at radius 1 is 1.29 bits per heavy atom. The number of furan rings is 1. The Labute approximate surface area is 140 Å². The normalized spacial score (nSPS) is 17.0. The number of carboxylic acids is 1. The van der Waals surface area contributed by atoms with Gasteiger partial charge < -0.3 is 14.4 Å². The Balaban J connectivity index is 1.99. The Bertz CT molecular complexity index is 790. The third-order valence-corrected chi connectivity index (χ3v) is 4.51. The van der Waals surface area contributed by atoms with E-state index in [-0.39, 0.29) is 11.8 Å². The van der Waals surface area contributed by atoms with Crippen LogP contribution in [0.1, 0.15) is 58.8 Å². The summed E-state index contributed by atoms with van der Waals surface area (Å²) in [4.78, 5) is 26.3. The zero-order valence-electron chi connectivity index (χ0n) is 14.1. The Hall–Kier alpha value is -2.56. The Morgan fingerprint density at radius 2 is 2.00 bits per heavy atom. The second kappa shape index (κ2) is 6.15. The van der Waals surface area contributed by atoms with Gasteiger partial charge in [-0.1, -0.05) is 38.1 Å². The summed E-state index contributed by atoms with van der Waals surface area (Å²) >= 11 is 0. The van der Waals surface area contributed by atoms with Crippen LogP contribution < -0.4 is 0 Å². The Kier molecular flexibility index (Phi) is 4.18. The van der Waals surface area contributed by atoms with Crippen LogP contribution in [0.5, 0.6) is 0 Å². The van der Waals surface area contributed by atoms with Crippen molar-refractivity contribution in [2.45, 2.75) is 39.2 Å². The van der Waals surface area contributed by atoms with E-state index in [0.717, 1.165) is 11.3 Å². The van der Waals surface area contributed by atoms with Gasteiger partial charge in [0.25, 0.3) is 5.91 Å². The molecule has 1 aliphatic rings. The molecule has 1 aromatic heterocycles. The van der Waals surface area contributed by atoms with Gasteiger partial charge in [0.15, 0.2) is 6.04 Å². The molecule has 0 fully saturated rings. The molecule has 1 unspecified atom stereocenters. The van der Waals surface area contributed by atoms with Crippen LogP contribution in [-0.4, -0.2) is 28.4 Å². The van der Waals surface area contributed by atoms with Crippen molar-refractivity contribution < 1.29 is 19.1 Å². The van der Waals surface area contributed by atoms with E-state index in [1.165, 1.54) is 4.90 Å². The van der Waals surface area contributed by atoms with Gasteiger partial charge in [-0.2, -0.15) is 0 Å². The summed E-state index contributed by atoms with van der Waals surface area (Å²) in [6.45, 7) is 6.11. The van der Waals surface area contributed by atoms with Crippen LogP contribution in [0.4, 0.5) is 0 Å². The highest BCUT2D eigenvalue weighted by atomic mass is 16.4. The molecular weight excluding hydrogens is 306 g/mol. The fourth-order valence-corrected chi connectivity index (χ4v) is 3.21. The highest BCUT2D eigenvalue weighted by Gasteiger charge is 2.37. The van der Waals surface area contributed by atoms with Crippen LogP contribution >= 0.6 is 0 Å². The molecule has 1 amide bonds. The first-order chi connectivity index (χ1) is 11.4. The molecule has 1 aliphatic heterocycles. The number of aryl methyl sites for hydroxylation is 1. The molecular formula is C19H21NO4. The van der Waals surface area contributed by atoms with Crippen molar-refractivity contribution in [2.24, 2.45) is 0 Å². The van der Waals surface area contributed by atoms with Gasteiger partial charge in [-0.05, 0) is 30.5 Å². The highest BCUT2D eigenvalue weighted by Crippen LogP contribution is 2.32. The molecule has 0 aliphatic carbocycles. The monoisotopic (exact) mass is 327 g/mol. The molecule has 0 saturated carbocycles. The van der Waals surface area contributed by atoms with E-state index in [0.29, 0.717) is 29.9 Å². The number of hydrogen-bond acceptors (Lipinski definition) is 3. The Morgan fingerprint density at radius 3 is 2.62 bits per heavy atom. The maximum Gasteiger partial charge on any atom is 0.331 e. The quantitative estimate of drug-likeness (QED) is 0.936. The van der Waals surface area contributed by atoms with Crippen LogP contribution in [0, 0.1) is 6.92 Å². The van der Waals surface area contributed by atoms with Crippen LogP contribution in [-0.2, 0) is 11.2 Å². The molecule has 0 radical (unpaired) electrons. The average molecular weight is 327 g/mol. The molecule has 0 bridgehead atoms. The molecule has 2 heterocycles. The fraction of sp³-hybridized carbons (Fsp3) is 0.368. The predicted octanol–water partition coefficient (Wildman–Crippen LogP) is 3.54. The van der Waals surface area contributed by atoms with Gasteiger partial charge in [0.2, 0.25) is 0 Å². The summed E-state index contributed by atoms with van der Waals surface area (Å²) in [5.41, 5.74) is 2.12. The smallest absolute Gasteiger partial charge is 0.331 e. The number of fused-ring (bicyclic) bond motifs is 1. The summed E-state index contributed by atoms with van der Waals surface area (Å²) < 4.78 is 5.66. The molecule has 0 saturated heterocycles. The first-order valence-corrected chi connectivity index (χ1v) is 8.12. The third kappa shape index (κ3) is 2.70. The lowest BCUT2D eigenvalue weighted by molar-refractivity contribution is -0.143. The van der Waals surface area contributed by atoms with Crippen LogP contribution in [0.3, 0.4) is 0 Å². The van der Waals surface area contributed by atoms with Crippen LogP contribution in [0.2, 0.25) is 0 Å². The second-order valence-electron chi connectivity index (χ2n) is 6.46. The van der Waals surface area contributed by atoms with Crippen molar-refractivity contribution >= 4 is 11.9 Å². The number of amides is 1. The van der Waals surface area contributed by atoms with Crippen molar-refractivity contribution in [1.82, 2.24) is 4.90 Å². The van der Waals surface area contributed by atoms with Crippen LogP contribution in [0.15, 0.2) is 34.7 Å². The SMILES string of the molecule is Cc1oc(C(C)C)cc1C(=O)N1CCc2ccccc2C1C(=O)O. The van der Waals surface area contributed by atoms with Crippen molar-refractivity contribution in [1.29, 1.82) is 0 Å². The van der Waals surface area contributed by atoms with E-state index in [4.69, 9.17) is 4.42 Å². The van der Waals surface area contributed by atoms with Gasteiger partial charge in [0.05, 0.1) is 5.56 Å². The number of nitrogens with zero attached hydrogens (tertiary/aromatic N) is 1. The topological polar surface area (TPSA) is 70.8 Å². The molecule has 1 N–H and O–H groups in total. The fourth-order valence-electron chi connectivity index (χ4n) is 3.21. The molecule has 1 atom stereocenters. The van der Waals surface area contributed by atoms with Gasteiger partial charge in [0, 0.05) is 12.5 Å². The standard InChI is InChI=1S/C19H21NO4/c1-11(2)16-10-15(12(3)24-16)18(21)20-9-8-13-6-4-5-7-14(13)17(20)19(22)23/h4-7,10-11,17H,8-9H2,1-3H3,(H,22,23). The lowest BCUT2D eigenvalue weighted by atomic mass is 9.92. The zero-order chi connectivity index (χ0) is 17.4. The molecule has 2 aromatic rings. The number of carbonyl (C=O) groups excluding carboxylic acids is 1. The summed E-state index contributed by atoms with van der Waals surface area (Å²) in [5.74, 6) is 0.139. The number of hydrogen-bond donors (Lipinski definition) is 1. The molecule has 1 aromatic carbocycles. The number of aliphatic carboxylic acids is 1. The van der Waals surface area contributed by atoms with Crippen molar-refractivity contribution in [3.05, 3.63) is 58.5 Å². The summed E-state index contributed by atoms with van der Waals surface area (Å²) in [6.07, 6.45) is 0.652. The van der Waals surface area contributed by atoms with Gasteiger partial charge >= 0.3 is 5.97 Å². The molecule has 0 spiro atoms. The molecule has 3 rings (SSSR count). The number of rotatable bonds is 3. The minimum Gasteiger partial charge on any atom is -0.479 e. The number of carboxylic acid groups (broad SMARTS) is 1. The maximum absolute atomic E-state index is 13.0. The summed E-state index contributed by atoms with van der Waals surface area (Å²) in [7, 11) is 0. The van der Waals surface area contributed by atoms with Gasteiger partial charge in [-0.15, -0.1) is 0 Å². The predicted molar refractivity (Wildman–Crippen MR) is 89.1 cm³/mol. The van der Waals surface area contributed by atoms with Crippen LogP contribution in [0.25, 0.3) is 0 Å². The molecule has 5 nitrogen and oxygen atoms in total. The summed E-state index contributed by atoms with van der Waals surface area (Å²) in [6, 6.07) is 8.19. The van der Waals surface area contributed by atoms with E-state index >= 15 is 0 Å². The third-order valence-electron chi connectivity index (χ3n) is 4.51. The number of benzene rings is 1. The first kappa shape index (κ1) is 16.3. The average Bonchev–Trinajstić information content (AvgIpc) is 2.95. The van der Waals surface area contributed by atoms with E-state index in [1.54, 1.807) is 19.1 Å². The first-order valence-electron chi connectivity index (χ1n) is 8.12. The lowest BCUT2D eigenvalue weighted by Crippen LogP contribution is -2.43. The van der Waals surface area contributed by atoms with Crippen molar-refractivity contribution in [2.75, 3.05) is 6.54 Å². The molecule has 126 valence electrons. The largest absolute Gasteiger partial charge is 0.479 e. The zero-order valence-corrected chi connectivity index (χ0v) is 14.1. The lowest BCUT2D eigenvalue weighted by Gasteiger charge is -2.34. The minimum absolute atomic E-state index is 0.169. The van der Waals surface area contributed by atoms with Crippen molar-refractivity contribution in [3.8, 4) is 0 Å². The van der Waals surface area contributed by atoms with Gasteiger partial charge in [-0.25, -0.2) is 4.79 Å². The summed E-state index contributed by atoms with van der Waals surface area (Å²) in [5, 5.41) is 9.70. The van der Waals surface area contributed by atoms with E-state index in [1.807, 2.05) is 32.0 Å². The molecule has 24 heavy (non-hydrogen) atoms. The van der Waals surface area contributed by atoms with E-state index in [9.17, 15) is 14.7 Å². The molecule has 5 heteroatoms. The van der Waals surface area contributed by atoms with Crippen molar-refractivity contribution in [3.63, 3.8) is 0 Å². The van der Waals surface area contributed by atoms with Gasteiger partial charge in [-0.3, -0.25) is 4.79 Å². The number of carbonyl (C=O) groups is 2. The maximum atomic E-state index is 13.0. The minimum atomic E-state index is -1.01. The van der Waals surface area contributed by atoms with E-state index < -0.39 is 12.0 Å². The highest BCUT2D eigenvalue weighted by molar-refractivity contribution is 5.98. The van der Waals surface area contributed by atoms with Gasteiger partial charge in [0.1, 0.15) is 11.5 Å². The van der Waals surface area contributed by atoms with E-state index in [2.05, 4.69) is 0 Å². The second-order valence-corrected chi connectivity index (χ2v) is 6.46.